The van der Waals surface area contributed by atoms with Crippen molar-refractivity contribution < 1.29 is 49.2 Å². The molecule has 0 aromatic heterocycles. The number of carboxylic acid groups (broad SMARTS) is 1. The molecule has 0 bridgehead atoms. The molecule has 6 amide bonds. The minimum Gasteiger partial charge on any atom is -0.480 e. The van der Waals surface area contributed by atoms with Crippen LogP contribution in [0.1, 0.15) is 116 Å². The average molecular weight is 761 g/mol. The van der Waals surface area contributed by atoms with Gasteiger partial charge < -0.3 is 63.8 Å². The summed E-state index contributed by atoms with van der Waals surface area (Å²) < 4.78 is 0. The normalized spacial score (nSPS) is 13.8. The van der Waals surface area contributed by atoms with Crippen LogP contribution in [0.25, 0.3) is 0 Å². The van der Waals surface area contributed by atoms with Gasteiger partial charge in [0, 0.05) is 6.54 Å². The molecule has 0 heterocycles. The molecule has 0 aliphatic heterocycles. The minimum absolute atomic E-state index is 0.0290. The zero-order chi connectivity index (χ0) is 39.9. The predicted octanol–water partition coefficient (Wildman–Crippen LogP) is -0.776. The second-order valence-corrected chi connectivity index (χ2v) is 13.2. The van der Waals surface area contributed by atoms with E-state index in [4.69, 9.17) is 16.6 Å². The summed E-state index contributed by atoms with van der Waals surface area (Å²) >= 11 is 0. The molecule has 0 aromatic carbocycles. The highest BCUT2D eigenvalue weighted by atomic mass is 16.4. The lowest BCUT2D eigenvalue weighted by Crippen LogP contribution is -2.60. The van der Waals surface area contributed by atoms with Gasteiger partial charge in [0.1, 0.15) is 30.2 Å². The van der Waals surface area contributed by atoms with Crippen molar-refractivity contribution in [2.75, 3.05) is 39.5 Å². The quantitative estimate of drug-likeness (QED) is 0.0367. The molecule has 5 atom stereocenters. The zero-order valence-corrected chi connectivity index (χ0v) is 31.5. The summed E-state index contributed by atoms with van der Waals surface area (Å²) in [6.45, 7) is 0.389. The van der Waals surface area contributed by atoms with Crippen molar-refractivity contribution in [2.24, 2.45) is 11.5 Å². The number of unbranched alkanes of at least 4 members (excludes halogenated alkanes) is 12. The van der Waals surface area contributed by atoms with Crippen molar-refractivity contribution in [3.63, 3.8) is 0 Å². The molecule has 0 unspecified atom stereocenters. The summed E-state index contributed by atoms with van der Waals surface area (Å²) in [6.07, 6.45) is 15.7. The van der Waals surface area contributed by atoms with Crippen molar-refractivity contribution in [3.8, 4) is 0 Å². The maximum atomic E-state index is 13.2. The van der Waals surface area contributed by atoms with Gasteiger partial charge in [-0.2, -0.15) is 0 Å². The fraction of sp³-hybridized carbons (Fsp3) is 0.829. The van der Waals surface area contributed by atoms with Gasteiger partial charge in [0.15, 0.2) is 0 Å². The molecule has 14 N–H and O–H groups in total. The molecular formula is C35H68N8O10. The van der Waals surface area contributed by atoms with E-state index in [0.29, 0.717) is 25.9 Å². The first-order valence-electron chi connectivity index (χ1n) is 19.2. The maximum absolute atomic E-state index is 13.2. The molecule has 0 saturated heterocycles. The van der Waals surface area contributed by atoms with Gasteiger partial charge in [-0.05, 0) is 51.6 Å². The van der Waals surface area contributed by atoms with Crippen LogP contribution in [0, 0.1) is 0 Å². The first-order chi connectivity index (χ1) is 25.5. The number of aliphatic carboxylic acids is 1. The molecule has 0 aliphatic carbocycles. The van der Waals surface area contributed by atoms with Crippen molar-refractivity contribution in [1.82, 2.24) is 31.9 Å². The lowest BCUT2D eigenvalue weighted by atomic mass is 10.1. The fourth-order valence-corrected chi connectivity index (χ4v) is 5.39. The third kappa shape index (κ3) is 23.7. The number of urea groups is 1. The van der Waals surface area contributed by atoms with Crippen LogP contribution in [0.4, 0.5) is 4.79 Å². The standard InChI is InChI=1S/C35H68N8O10/c1-2-3-4-5-6-7-8-9-10-11-12-15-21-38-35(53)43-26(17-13-14-19-36)31(48)40-28(23-45)33(50)41-27(22-44)32(49)39-25(18-16-20-37)30(47)42-29(24-46)34(51)52/h25-29,44-46H,2-24,36-37H2,1H3,(H,39,49)(H,40,48)(H,41,50)(H,42,47)(H,51,52)(H2,38,43,53)/t25-,26-,27-,28-,29-/m0/s1. The molecule has 18 nitrogen and oxygen atoms in total. The smallest absolute Gasteiger partial charge is 0.328 e. The van der Waals surface area contributed by atoms with Crippen molar-refractivity contribution in [1.29, 1.82) is 0 Å². The molecule has 0 rings (SSSR count). The first-order valence-corrected chi connectivity index (χ1v) is 19.2. The number of aliphatic hydroxyl groups excluding tert-OH is 3. The Morgan fingerprint density at radius 2 is 0.849 bits per heavy atom. The van der Waals surface area contributed by atoms with E-state index in [9.17, 15) is 44.1 Å². The highest BCUT2D eigenvalue weighted by Gasteiger charge is 2.32. The number of aliphatic hydroxyl groups is 3. The van der Waals surface area contributed by atoms with Crippen LogP contribution < -0.4 is 43.4 Å². The van der Waals surface area contributed by atoms with Gasteiger partial charge in [-0.25, -0.2) is 9.59 Å². The highest BCUT2D eigenvalue weighted by Crippen LogP contribution is 2.12. The number of carbonyl (C=O) groups excluding carboxylic acids is 5. The Kier molecular flexibility index (Phi) is 29.7. The third-order valence-electron chi connectivity index (χ3n) is 8.64. The van der Waals surface area contributed by atoms with E-state index in [1.54, 1.807) is 0 Å². The highest BCUT2D eigenvalue weighted by molar-refractivity contribution is 5.96. The number of nitrogens with one attached hydrogen (secondary N) is 6. The Bertz CT molecular complexity index is 1050. The summed E-state index contributed by atoms with van der Waals surface area (Å²) in [5.74, 6) is -5.28. The van der Waals surface area contributed by atoms with Gasteiger partial charge in [0.2, 0.25) is 23.6 Å². The third-order valence-corrected chi connectivity index (χ3v) is 8.64. The number of nitrogens with two attached hydrogens (primary N) is 2. The summed E-state index contributed by atoms with van der Waals surface area (Å²) in [6, 6.07) is -7.82. The number of amides is 6. The maximum Gasteiger partial charge on any atom is 0.328 e. The Balaban J connectivity index is 5.07. The van der Waals surface area contributed by atoms with Crippen molar-refractivity contribution in [2.45, 2.75) is 146 Å². The van der Waals surface area contributed by atoms with Gasteiger partial charge in [-0.1, -0.05) is 77.6 Å². The SMILES string of the molecule is CCCCCCCCCCCCCCNC(=O)N[C@@H](CCCCN)C(=O)N[C@@H](CO)C(=O)N[C@@H](CO)C(=O)N[C@@H](CCCN)C(=O)N[C@@H](CO)C(=O)O. The Labute approximate surface area is 313 Å². The monoisotopic (exact) mass is 761 g/mol. The van der Waals surface area contributed by atoms with Crippen LogP contribution >= 0.6 is 0 Å². The summed E-state index contributed by atoms with van der Waals surface area (Å²) in [5, 5.41) is 52.4. The second kappa shape index (κ2) is 31.9. The van der Waals surface area contributed by atoms with Crippen LogP contribution in [0.2, 0.25) is 0 Å². The molecule has 0 aromatic rings. The van der Waals surface area contributed by atoms with Crippen LogP contribution in [-0.4, -0.2) is 126 Å². The number of rotatable bonds is 33. The lowest BCUT2D eigenvalue weighted by molar-refractivity contribution is -0.143. The van der Waals surface area contributed by atoms with Crippen molar-refractivity contribution >= 4 is 35.6 Å². The van der Waals surface area contributed by atoms with Gasteiger partial charge in [-0.3, -0.25) is 19.2 Å². The number of carbonyl (C=O) groups is 6. The molecular weight excluding hydrogens is 692 g/mol. The van der Waals surface area contributed by atoms with E-state index < -0.39 is 85.7 Å². The molecule has 18 heteroatoms. The molecule has 0 radical (unpaired) electrons. The fourth-order valence-electron chi connectivity index (χ4n) is 5.39. The van der Waals surface area contributed by atoms with Crippen LogP contribution in [0.5, 0.6) is 0 Å². The number of hydrogen-bond acceptors (Lipinski definition) is 11. The zero-order valence-electron chi connectivity index (χ0n) is 31.5. The summed E-state index contributed by atoms with van der Waals surface area (Å²) in [7, 11) is 0. The molecule has 0 fully saturated rings. The first kappa shape index (κ1) is 49.4. The van der Waals surface area contributed by atoms with Crippen molar-refractivity contribution in [3.05, 3.63) is 0 Å². The van der Waals surface area contributed by atoms with Gasteiger partial charge in [0.25, 0.3) is 0 Å². The molecule has 0 spiro atoms. The largest absolute Gasteiger partial charge is 0.480 e. The summed E-state index contributed by atoms with van der Waals surface area (Å²) in [4.78, 5) is 75.7. The van der Waals surface area contributed by atoms with E-state index in [1.807, 2.05) is 0 Å². The van der Waals surface area contributed by atoms with E-state index in [2.05, 4.69) is 38.8 Å². The number of hydrogen-bond donors (Lipinski definition) is 12. The van der Waals surface area contributed by atoms with E-state index in [-0.39, 0.29) is 25.8 Å². The predicted molar refractivity (Wildman–Crippen MR) is 199 cm³/mol. The molecule has 308 valence electrons. The Hall–Kier alpha value is -3.58. The number of carboxylic acids is 1. The minimum atomic E-state index is -1.64. The van der Waals surface area contributed by atoms with Crippen LogP contribution in [0.15, 0.2) is 0 Å². The van der Waals surface area contributed by atoms with E-state index >= 15 is 0 Å². The van der Waals surface area contributed by atoms with Crippen LogP contribution in [-0.2, 0) is 24.0 Å². The summed E-state index contributed by atoms with van der Waals surface area (Å²) in [5.41, 5.74) is 11.1. The topological polar surface area (TPSA) is 308 Å². The Morgan fingerprint density at radius 1 is 0.472 bits per heavy atom. The molecule has 53 heavy (non-hydrogen) atoms. The van der Waals surface area contributed by atoms with E-state index in [1.165, 1.54) is 51.4 Å². The van der Waals surface area contributed by atoms with Gasteiger partial charge >= 0.3 is 12.0 Å². The van der Waals surface area contributed by atoms with Crippen LogP contribution in [0.3, 0.4) is 0 Å². The van der Waals surface area contributed by atoms with Gasteiger partial charge in [0.05, 0.1) is 19.8 Å². The van der Waals surface area contributed by atoms with Gasteiger partial charge in [-0.15, -0.1) is 0 Å². The second-order valence-electron chi connectivity index (χ2n) is 13.2. The molecule has 0 saturated carbocycles. The average Bonchev–Trinajstić information content (AvgIpc) is 3.14. The lowest BCUT2D eigenvalue weighted by Gasteiger charge is -2.25. The molecule has 0 aliphatic rings. The Morgan fingerprint density at radius 3 is 1.28 bits per heavy atom. The van der Waals surface area contributed by atoms with E-state index in [0.717, 1.165) is 25.7 Å².